The van der Waals surface area contributed by atoms with Crippen molar-refractivity contribution in [1.29, 1.82) is 0 Å². The van der Waals surface area contributed by atoms with Crippen LogP contribution in [0.2, 0.25) is 10.8 Å². The van der Waals surface area contributed by atoms with Crippen molar-refractivity contribution in [3.8, 4) is 0 Å². The first-order valence-corrected chi connectivity index (χ1v) is 41.0. The Morgan fingerprint density at radius 1 is 0.230 bits per heavy atom. The van der Waals surface area contributed by atoms with Crippen molar-refractivity contribution in [3.63, 3.8) is 0 Å². The average molecular weight is 1250 g/mol. The third-order valence-electron chi connectivity index (χ3n) is 19.2. The Hall–Kier alpha value is -1.99. The number of nitrogens with zero attached hydrogens (tertiary/aromatic N) is 2. The zero-order chi connectivity index (χ0) is 62.4. The predicted octanol–water partition coefficient (Wildman–Crippen LogP) is 30.6. The fourth-order valence-corrected chi connectivity index (χ4v) is 14.5. The minimum absolute atomic E-state index is 0.992. The molecule has 3 heteroatoms. The van der Waals surface area contributed by atoms with Gasteiger partial charge in [-0.2, -0.15) is 0 Å². The zero-order valence-corrected chi connectivity index (χ0v) is 60.7. The molecule has 3 rings (SSSR count). The van der Waals surface area contributed by atoms with Crippen LogP contribution in [0.25, 0.3) is 16.9 Å². The van der Waals surface area contributed by atoms with Crippen molar-refractivity contribution in [2.75, 3.05) is 0 Å². The van der Waals surface area contributed by atoms with E-state index in [1.54, 1.807) is 0 Å². The maximum atomic E-state index is 11.6. The SMILES string of the molecule is CCCCC1=C(c2ccc(CCCC)cc2)[N+](=[N-])C(c2ccc(CCCC)cc2)=C1CCCC.CCCCCCCCCCCCCCCCCCCCCCCCC[CH2][Ni][CH2]CCCCCCCCCCCCCCCCCCCCCCCCC. The molecule has 0 N–H and O–H groups in total. The number of unbranched alkanes of at least 4 members (excludes halogenated alkanes) is 50. The summed E-state index contributed by atoms with van der Waals surface area (Å²) in [6, 6.07) is 17.8. The summed E-state index contributed by atoms with van der Waals surface area (Å²) in [5.74, 6) is 0. The van der Waals surface area contributed by atoms with Gasteiger partial charge in [0.15, 0.2) is 0 Å². The van der Waals surface area contributed by atoms with E-state index in [9.17, 15) is 5.53 Å². The molecule has 506 valence electrons. The minimum Gasteiger partial charge on any atom is -0.0654 e. The van der Waals surface area contributed by atoms with E-state index in [4.69, 9.17) is 0 Å². The van der Waals surface area contributed by atoms with Gasteiger partial charge in [0.2, 0.25) is 11.4 Å². The molecule has 0 aliphatic carbocycles. The molecule has 0 aromatic heterocycles. The van der Waals surface area contributed by atoms with Gasteiger partial charge in [-0.3, -0.25) is 0 Å². The Morgan fingerprint density at radius 2 is 0.414 bits per heavy atom. The summed E-state index contributed by atoms with van der Waals surface area (Å²) in [7, 11) is 0. The van der Waals surface area contributed by atoms with Crippen LogP contribution >= 0.6 is 0 Å². The molecule has 0 bridgehead atoms. The van der Waals surface area contributed by atoms with Crippen molar-refractivity contribution in [3.05, 3.63) is 87.5 Å². The smallest absolute Gasteiger partial charge is 0.0654 e. The van der Waals surface area contributed by atoms with E-state index in [1.807, 2.05) is 0 Å². The predicted molar refractivity (Wildman–Crippen MR) is 389 cm³/mol. The first kappa shape index (κ1) is 81.1. The minimum atomic E-state index is 0.992. The topological polar surface area (TPSA) is 25.3 Å². The fourth-order valence-electron chi connectivity index (χ4n) is 13.2. The maximum absolute atomic E-state index is 11.6. The van der Waals surface area contributed by atoms with Crippen LogP contribution in [0.5, 0.6) is 0 Å². The number of aryl methyl sites for hydroxylation is 2. The van der Waals surface area contributed by atoms with Crippen LogP contribution in [0.4, 0.5) is 0 Å². The van der Waals surface area contributed by atoms with Crippen molar-refractivity contribution in [2.24, 2.45) is 0 Å². The molecule has 0 saturated heterocycles. The molecule has 0 saturated carbocycles. The van der Waals surface area contributed by atoms with Gasteiger partial charge < -0.3 is 5.53 Å². The summed E-state index contributed by atoms with van der Waals surface area (Å²) in [5.41, 5.74) is 21.3. The van der Waals surface area contributed by atoms with Crippen LogP contribution in [0.15, 0.2) is 59.7 Å². The van der Waals surface area contributed by atoms with E-state index in [0.717, 1.165) is 73.9 Å². The number of benzene rings is 2. The second-order valence-corrected chi connectivity index (χ2v) is 29.0. The van der Waals surface area contributed by atoms with Crippen molar-refractivity contribution >= 4 is 11.4 Å². The summed E-state index contributed by atoms with van der Waals surface area (Å²) in [4.78, 5) is 0. The molecule has 0 atom stereocenters. The number of allylic oxidation sites excluding steroid dienone is 2. The summed E-state index contributed by atoms with van der Waals surface area (Å²) >= 11 is 2.05. The van der Waals surface area contributed by atoms with Gasteiger partial charge in [-0.1, -0.05) is 258 Å². The Kier molecular flexibility index (Phi) is 58.5. The third-order valence-corrected chi connectivity index (χ3v) is 20.6. The number of hydrogen-bond donors (Lipinski definition) is 0. The van der Waals surface area contributed by atoms with Crippen LogP contribution in [0, 0.1) is 0 Å². The number of rotatable bonds is 64. The monoisotopic (exact) mass is 1250 g/mol. The first-order valence-electron chi connectivity index (χ1n) is 39.6. The molecule has 1 heterocycles. The molecule has 0 fully saturated rings. The number of hydrogen-bond acceptors (Lipinski definition) is 0. The third kappa shape index (κ3) is 45.0. The van der Waals surface area contributed by atoms with Crippen molar-refractivity contribution < 1.29 is 19.1 Å². The standard InChI is InChI=1S/C32H44N2.2C26H53.Ni/c1-5-9-13-25-17-21-27(22-18-25)31-29(15-11-7-3)30(16-12-8-4)32(34(31)33)28-23-19-26(20-24-28)14-10-6-2;2*1-3-5-7-9-11-13-15-17-19-21-23-25-26-24-22-20-18-16-14-12-10-8-6-4-2;/h17-24H,5-16H2,1-4H3;2*1,3-26H2,2H3;. The molecule has 1 aliphatic rings. The normalized spacial score (nSPS) is 12.6. The fraction of sp³-hybridized carbons (Fsp3) is 0.810. The van der Waals surface area contributed by atoms with Gasteiger partial charge in [-0.25, -0.2) is 4.70 Å². The van der Waals surface area contributed by atoms with Crippen LogP contribution in [0.3, 0.4) is 0 Å². The van der Waals surface area contributed by atoms with Gasteiger partial charge in [-0.15, -0.1) is 0 Å². The van der Waals surface area contributed by atoms with Crippen LogP contribution in [-0.4, -0.2) is 4.70 Å². The average Bonchev–Trinajstić information content (AvgIpc) is 1.68. The molecule has 0 unspecified atom stereocenters. The Bertz CT molecular complexity index is 1710. The van der Waals surface area contributed by atoms with E-state index in [-0.39, 0.29) is 0 Å². The van der Waals surface area contributed by atoms with Crippen LogP contribution in [-0.2, 0) is 27.3 Å². The molecule has 0 radical (unpaired) electrons. The summed E-state index contributed by atoms with van der Waals surface area (Å²) in [6.45, 7) is 13.6. The second kappa shape index (κ2) is 62.8. The molecule has 0 amide bonds. The van der Waals surface area contributed by atoms with Gasteiger partial charge in [0, 0.05) is 22.3 Å². The van der Waals surface area contributed by atoms with Crippen molar-refractivity contribution in [1.82, 2.24) is 0 Å². The summed E-state index contributed by atoms with van der Waals surface area (Å²) in [5, 5.41) is 2.87. The molecular weight excluding hydrogens is 1100 g/mol. The quantitative estimate of drug-likeness (QED) is 0.0358. The second-order valence-electron chi connectivity index (χ2n) is 27.5. The van der Waals surface area contributed by atoms with Gasteiger partial charge in [0.1, 0.15) is 0 Å². The van der Waals surface area contributed by atoms with Crippen LogP contribution < -0.4 is 0 Å². The van der Waals surface area contributed by atoms with Crippen LogP contribution in [0.1, 0.15) is 436 Å². The molecule has 0 spiro atoms. The Labute approximate surface area is 552 Å². The van der Waals surface area contributed by atoms with Gasteiger partial charge >= 0.3 is 166 Å². The van der Waals surface area contributed by atoms with Gasteiger partial charge in [0.25, 0.3) is 0 Å². The summed E-state index contributed by atoms with van der Waals surface area (Å²) < 4.78 is 1.51. The molecular formula is C84H150N2Ni. The van der Waals surface area contributed by atoms with E-state index >= 15 is 0 Å². The van der Waals surface area contributed by atoms with E-state index < -0.39 is 0 Å². The zero-order valence-electron chi connectivity index (χ0n) is 59.7. The Balaban J connectivity index is 0.000000648. The summed E-state index contributed by atoms with van der Waals surface area (Å²) in [6.07, 6.45) is 84.9. The van der Waals surface area contributed by atoms with E-state index in [1.165, 1.54) is 372 Å². The molecule has 2 nitrogen and oxygen atoms in total. The van der Waals surface area contributed by atoms with E-state index in [0.29, 0.717) is 0 Å². The molecule has 2 aromatic rings. The molecule has 2 aromatic carbocycles. The first-order chi connectivity index (χ1) is 43.1. The van der Waals surface area contributed by atoms with E-state index in [2.05, 4.69) is 105 Å². The van der Waals surface area contributed by atoms with Crippen molar-refractivity contribution in [2.45, 2.75) is 438 Å². The Morgan fingerprint density at radius 3 is 0.621 bits per heavy atom. The van der Waals surface area contributed by atoms with Gasteiger partial charge in [0.05, 0.1) is 0 Å². The molecule has 87 heavy (non-hydrogen) atoms. The molecule has 1 aliphatic heterocycles. The van der Waals surface area contributed by atoms with Gasteiger partial charge in [-0.05, 0) is 86.8 Å².